The predicted molar refractivity (Wildman–Crippen MR) is 100 cm³/mol. The smallest absolute Gasteiger partial charge is 2.00 e. The Balaban J connectivity index is -0.0000000739. The number of unbranched alkanes of at least 4 members (excludes halogenated alkanes) is 14. The third kappa shape index (κ3) is 70.1. The summed E-state index contributed by atoms with van der Waals surface area (Å²) in [5.74, 6) is -0.653. The molecule has 0 aromatic carbocycles. The van der Waals surface area contributed by atoms with Crippen LogP contribution in [0.15, 0.2) is 0 Å². The minimum absolute atomic E-state index is 0. The van der Waals surface area contributed by atoms with Crippen molar-refractivity contribution in [2.24, 2.45) is 0 Å². The SMILES string of the molecule is CCCCCCCCCCCCCCCCCC(=O)O.O=C([O-])[O-].[Ca+2].[O-2].[O-2].[O-2].[Ti+4].[Zn+2]. The van der Waals surface area contributed by atoms with E-state index in [1.54, 1.807) is 0 Å². The van der Waals surface area contributed by atoms with Crippen LogP contribution in [0.3, 0.4) is 0 Å². The zero-order chi connectivity index (χ0) is 18.5. The number of carbonyl (C=O) groups excluding carboxylic acids is 1. The summed E-state index contributed by atoms with van der Waals surface area (Å²) < 4.78 is 0. The Hall–Kier alpha value is 1.22. The van der Waals surface area contributed by atoms with Crippen molar-refractivity contribution in [2.75, 3.05) is 0 Å². The van der Waals surface area contributed by atoms with E-state index >= 15 is 0 Å². The molecule has 0 fully saturated rings. The van der Waals surface area contributed by atoms with Crippen LogP contribution in [0.5, 0.6) is 0 Å². The third-order valence-electron chi connectivity index (χ3n) is 3.99. The average Bonchev–Trinajstić information content (AvgIpc) is 2.50. The van der Waals surface area contributed by atoms with Crippen molar-refractivity contribution in [3.63, 3.8) is 0 Å². The summed E-state index contributed by atoms with van der Waals surface area (Å²) in [5.41, 5.74) is 0. The van der Waals surface area contributed by atoms with Crippen molar-refractivity contribution in [1.82, 2.24) is 0 Å². The number of carbonyl (C=O) groups is 2. The quantitative estimate of drug-likeness (QED) is 0.230. The summed E-state index contributed by atoms with van der Waals surface area (Å²) in [6.45, 7) is 2.27. The van der Waals surface area contributed by atoms with Gasteiger partial charge < -0.3 is 36.5 Å². The Kier molecular flexibility index (Phi) is 84.3. The molecule has 0 atom stereocenters. The van der Waals surface area contributed by atoms with Crippen molar-refractivity contribution < 1.29 is 82.5 Å². The second-order valence-electron chi connectivity index (χ2n) is 6.34. The number of aliphatic carboxylic acids is 1. The van der Waals surface area contributed by atoms with E-state index in [1.165, 1.54) is 83.5 Å². The number of rotatable bonds is 16. The summed E-state index contributed by atoms with van der Waals surface area (Å²) in [6.07, 6.45) is 17.9. The summed E-state index contributed by atoms with van der Waals surface area (Å²) in [7, 11) is 0. The molecule has 0 unspecified atom stereocenters. The minimum Gasteiger partial charge on any atom is -2.00 e. The predicted octanol–water partition coefficient (Wildman–Crippen LogP) is 3.14. The first-order chi connectivity index (χ1) is 11.5. The maximum atomic E-state index is 10.3. The zero-order valence-corrected chi connectivity index (χ0v) is 25.3. The van der Waals surface area contributed by atoms with E-state index in [9.17, 15) is 4.79 Å². The molecule has 0 aromatic heterocycles. The maximum absolute atomic E-state index is 10.3. The monoisotopic (exact) mass is 544 g/mol. The Morgan fingerprint density at radius 1 is 0.633 bits per heavy atom. The van der Waals surface area contributed by atoms with Gasteiger partial charge in [-0.3, -0.25) is 4.79 Å². The molecule has 1 N–H and O–H groups in total. The fourth-order valence-electron chi connectivity index (χ4n) is 2.65. The van der Waals surface area contributed by atoms with Crippen LogP contribution in [-0.2, 0) is 62.4 Å². The van der Waals surface area contributed by atoms with Gasteiger partial charge in [0.05, 0.1) is 0 Å². The molecule has 0 radical (unpaired) electrons. The van der Waals surface area contributed by atoms with E-state index < -0.39 is 12.1 Å². The molecule has 0 bridgehead atoms. The molecule has 0 aliphatic heterocycles. The second-order valence-corrected chi connectivity index (χ2v) is 6.34. The maximum Gasteiger partial charge on any atom is 4.00 e. The van der Waals surface area contributed by atoms with Crippen LogP contribution >= 0.6 is 0 Å². The van der Waals surface area contributed by atoms with Gasteiger partial charge in [-0.25, -0.2) is 0 Å². The van der Waals surface area contributed by atoms with Gasteiger partial charge in [-0.1, -0.05) is 96.8 Å². The van der Waals surface area contributed by atoms with E-state index in [0.717, 1.165) is 12.8 Å². The van der Waals surface area contributed by atoms with E-state index in [1.807, 2.05) is 0 Å². The molecular formula is C19H36CaO8TiZn. The van der Waals surface area contributed by atoms with Gasteiger partial charge >= 0.3 is 84.9 Å². The molecule has 168 valence electrons. The van der Waals surface area contributed by atoms with Gasteiger partial charge in [-0.2, -0.15) is 0 Å². The standard InChI is InChI=1S/C18H36O2.CH2O3.Ca.3O.Ti.Zn/c1-2-3-4-5-6-7-8-9-10-11-12-13-14-15-16-17-18(19)20;2-1(3)4;;;;;;/h2-17H2,1H3,(H,19,20);(H2,2,3,4);;;;;;/q;;+2;3*-2;+4;+2/p-2. The van der Waals surface area contributed by atoms with E-state index in [4.69, 9.17) is 20.1 Å². The summed E-state index contributed by atoms with van der Waals surface area (Å²) in [6, 6.07) is 0. The topological polar surface area (TPSA) is 186 Å². The first-order valence-electron chi connectivity index (χ1n) is 9.60. The van der Waals surface area contributed by atoms with Crippen molar-refractivity contribution >= 4 is 49.9 Å². The second kappa shape index (κ2) is 47.9. The van der Waals surface area contributed by atoms with E-state index in [2.05, 4.69) is 6.92 Å². The minimum atomic E-state index is -2.33. The van der Waals surface area contributed by atoms with Gasteiger partial charge in [0.2, 0.25) is 0 Å². The summed E-state index contributed by atoms with van der Waals surface area (Å²) in [4.78, 5) is 18.7. The van der Waals surface area contributed by atoms with Crippen molar-refractivity contribution in [3.05, 3.63) is 0 Å². The van der Waals surface area contributed by atoms with Crippen molar-refractivity contribution in [2.45, 2.75) is 110 Å². The fourth-order valence-corrected chi connectivity index (χ4v) is 2.65. The Bertz CT molecular complexity index is 300. The van der Waals surface area contributed by atoms with Crippen LogP contribution in [0.25, 0.3) is 0 Å². The molecule has 0 aromatic rings. The van der Waals surface area contributed by atoms with Crippen LogP contribution < -0.4 is 10.2 Å². The van der Waals surface area contributed by atoms with Crippen LogP contribution in [-0.4, -0.2) is 55.0 Å². The molecule has 11 heteroatoms. The van der Waals surface area contributed by atoms with E-state index in [0.29, 0.717) is 6.42 Å². The van der Waals surface area contributed by atoms with E-state index in [-0.39, 0.29) is 95.4 Å². The molecule has 30 heavy (non-hydrogen) atoms. The molecule has 8 nitrogen and oxygen atoms in total. The molecule has 0 amide bonds. The van der Waals surface area contributed by atoms with Gasteiger partial charge in [0.25, 0.3) is 0 Å². The van der Waals surface area contributed by atoms with Crippen molar-refractivity contribution in [1.29, 1.82) is 0 Å². The molecule has 0 saturated heterocycles. The normalized spacial score (nSPS) is 8.03. The molecule has 0 aliphatic carbocycles. The Morgan fingerprint density at radius 2 is 0.833 bits per heavy atom. The molecule has 0 spiro atoms. The zero-order valence-electron chi connectivity index (χ0n) is 18.5. The van der Waals surface area contributed by atoms with Crippen LogP contribution in [0.4, 0.5) is 4.79 Å². The van der Waals surface area contributed by atoms with Gasteiger partial charge in [-0.15, -0.1) is 0 Å². The van der Waals surface area contributed by atoms with Gasteiger partial charge in [0, 0.05) is 6.42 Å². The molecular weight excluding hydrogens is 510 g/mol. The number of hydrogen-bond acceptors (Lipinski definition) is 4. The molecule has 0 aliphatic rings. The van der Waals surface area contributed by atoms with Crippen molar-refractivity contribution in [3.8, 4) is 0 Å². The summed E-state index contributed by atoms with van der Waals surface area (Å²) >= 11 is 0. The summed E-state index contributed by atoms with van der Waals surface area (Å²) in [5, 5.41) is 25.2. The van der Waals surface area contributed by atoms with Gasteiger partial charge in [0.1, 0.15) is 0 Å². The third-order valence-corrected chi connectivity index (χ3v) is 3.99. The van der Waals surface area contributed by atoms with Gasteiger partial charge in [-0.05, 0) is 12.6 Å². The fraction of sp³-hybridized carbons (Fsp3) is 0.895. The number of carboxylic acid groups (broad SMARTS) is 3. The van der Waals surface area contributed by atoms with Gasteiger partial charge in [0.15, 0.2) is 0 Å². The van der Waals surface area contributed by atoms with Crippen LogP contribution in [0, 0.1) is 0 Å². The van der Waals surface area contributed by atoms with Crippen LogP contribution in [0.1, 0.15) is 110 Å². The first kappa shape index (κ1) is 52.9. The van der Waals surface area contributed by atoms with Crippen LogP contribution in [0.2, 0.25) is 0 Å². The average molecular weight is 546 g/mol. The Labute approximate surface area is 239 Å². The molecule has 0 saturated carbocycles. The molecule has 0 rings (SSSR count). The largest absolute Gasteiger partial charge is 4.00 e. The molecule has 0 heterocycles. The first-order valence-corrected chi connectivity index (χ1v) is 9.60. The Morgan fingerprint density at radius 3 is 1.03 bits per heavy atom. The number of hydrogen-bond donors (Lipinski definition) is 1. The number of carboxylic acids is 1.